The number of anilines is 1. The Bertz CT molecular complexity index is 578. The number of likely N-dealkylation sites (N-methyl/N-ethyl adjacent to an activating group) is 1. The smallest absolute Gasteiger partial charge is 0.0383 e. The molecule has 1 saturated heterocycles. The Balaban J connectivity index is 1.93. The van der Waals surface area contributed by atoms with Crippen LogP contribution in [0.5, 0.6) is 0 Å². The highest BCUT2D eigenvalue weighted by atomic mass is 79.9. The third-order valence-electron chi connectivity index (χ3n) is 5.05. The molecular weight excluding hydrogens is 300 g/mol. The molecule has 1 aliphatic carbocycles. The van der Waals surface area contributed by atoms with Crippen LogP contribution in [0.15, 0.2) is 22.2 Å². The summed E-state index contributed by atoms with van der Waals surface area (Å²) < 4.78 is 1.25. The van der Waals surface area contributed by atoms with Gasteiger partial charge in [-0.2, -0.15) is 0 Å². The summed E-state index contributed by atoms with van der Waals surface area (Å²) in [6.07, 6.45) is 3.73. The molecule has 0 radical (unpaired) electrons. The minimum absolute atomic E-state index is 0.632. The molecule has 3 atom stereocenters. The van der Waals surface area contributed by atoms with E-state index >= 15 is 0 Å². The normalized spacial score (nSPS) is 32.4. The molecule has 0 amide bonds. The van der Waals surface area contributed by atoms with E-state index in [1.165, 1.54) is 34.3 Å². The van der Waals surface area contributed by atoms with Crippen LogP contribution in [0.1, 0.15) is 30.4 Å². The Morgan fingerprint density at radius 1 is 1.37 bits per heavy atom. The molecule has 0 aromatic heterocycles. The summed E-state index contributed by atoms with van der Waals surface area (Å²) in [4.78, 5) is 2.54. The summed E-state index contributed by atoms with van der Waals surface area (Å²) in [6, 6.07) is 5.03. The summed E-state index contributed by atoms with van der Waals surface area (Å²) in [7, 11) is 2.27. The number of nitrogens with zero attached hydrogens (tertiary/aromatic N) is 1. The highest BCUT2D eigenvalue weighted by molar-refractivity contribution is 9.10. The zero-order valence-corrected chi connectivity index (χ0v) is 13.0. The van der Waals surface area contributed by atoms with Crippen LogP contribution in [0.3, 0.4) is 0 Å². The summed E-state index contributed by atoms with van der Waals surface area (Å²) in [6.45, 7) is 4.66. The van der Waals surface area contributed by atoms with Crippen molar-refractivity contribution in [3.8, 4) is 0 Å². The van der Waals surface area contributed by atoms with Crippen LogP contribution in [-0.4, -0.2) is 31.1 Å². The SMILES string of the molecule is C[C@H]1CN(C)[C@@H]2C[C@@H]3CNc4ccc(Br)c(c43)C=C21. The molecular formula is C16H19BrN2. The van der Waals surface area contributed by atoms with Gasteiger partial charge in [-0.15, -0.1) is 0 Å². The molecule has 0 saturated carbocycles. The first-order valence-corrected chi connectivity index (χ1v) is 7.92. The Kier molecular flexibility index (Phi) is 2.58. The molecule has 1 aromatic carbocycles. The van der Waals surface area contributed by atoms with Crippen molar-refractivity contribution in [2.24, 2.45) is 5.92 Å². The van der Waals surface area contributed by atoms with Crippen molar-refractivity contribution in [1.82, 2.24) is 4.90 Å². The predicted molar refractivity (Wildman–Crippen MR) is 83.5 cm³/mol. The number of nitrogens with one attached hydrogen (secondary N) is 1. The number of fused-ring (bicyclic) bond motifs is 1. The van der Waals surface area contributed by atoms with E-state index in [2.05, 4.69) is 58.3 Å². The molecule has 0 spiro atoms. The lowest BCUT2D eigenvalue weighted by atomic mass is 9.92. The van der Waals surface area contributed by atoms with Gasteiger partial charge in [0.25, 0.3) is 0 Å². The van der Waals surface area contributed by atoms with Gasteiger partial charge in [-0.05, 0) is 48.2 Å². The molecule has 3 heteroatoms. The lowest BCUT2D eigenvalue weighted by Crippen LogP contribution is -2.27. The van der Waals surface area contributed by atoms with E-state index in [9.17, 15) is 0 Å². The zero-order valence-electron chi connectivity index (χ0n) is 11.4. The van der Waals surface area contributed by atoms with Crippen molar-refractivity contribution >= 4 is 27.7 Å². The number of likely N-dealkylation sites (tertiary alicyclic amines) is 1. The van der Waals surface area contributed by atoms with Gasteiger partial charge in [-0.3, -0.25) is 4.90 Å². The maximum atomic E-state index is 3.75. The lowest BCUT2D eigenvalue weighted by Gasteiger charge is -2.22. The van der Waals surface area contributed by atoms with Crippen molar-refractivity contribution in [3.63, 3.8) is 0 Å². The van der Waals surface area contributed by atoms with Crippen molar-refractivity contribution in [1.29, 1.82) is 0 Å². The van der Waals surface area contributed by atoms with Crippen LogP contribution in [-0.2, 0) is 0 Å². The standard InChI is InChI=1S/C16H19BrN2/c1-9-8-19(2)15-5-10-7-18-14-4-3-13(17)12(16(10)14)6-11(9)15/h3-4,6,9-10,15,18H,5,7-8H2,1-2H3/t9-,10+,15+/m0/s1. The average molecular weight is 319 g/mol. The fourth-order valence-electron chi connectivity index (χ4n) is 4.13. The van der Waals surface area contributed by atoms with Crippen LogP contribution in [0, 0.1) is 5.92 Å². The van der Waals surface area contributed by atoms with Crippen molar-refractivity contribution < 1.29 is 0 Å². The molecule has 0 unspecified atom stereocenters. The third kappa shape index (κ3) is 1.64. The van der Waals surface area contributed by atoms with E-state index in [0.717, 1.165) is 6.54 Å². The van der Waals surface area contributed by atoms with Crippen molar-refractivity contribution in [3.05, 3.63) is 33.3 Å². The molecule has 100 valence electrons. The molecule has 1 N–H and O–H groups in total. The summed E-state index contributed by atoms with van der Waals surface area (Å²) in [5, 5.41) is 3.57. The second kappa shape index (κ2) is 4.10. The maximum Gasteiger partial charge on any atom is 0.0383 e. The van der Waals surface area contributed by atoms with Crippen LogP contribution < -0.4 is 5.32 Å². The first-order chi connectivity index (χ1) is 9.15. The van der Waals surface area contributed by atoms with Crippen molar-refractivity contribution in [2.45, 2.75) is 25.3 Å². The van der Waals surface area contributed by atoms with Gasteiger partial charge in [0.1, 0.15) is 0 Å². The average Bonchev–Trinajstić information content (AvgIpc) is 2.82. The number of hydrogen-bond acceptors (Lipinski definition) is 2. The predicted octanol–water partition coefficient (Wildman–Crippen LogP) is 3.70. The van der Waals surface area contributed by atoms with E-state index in [1.807, 2.05) is 0 Å². The first kappa shape index (κ1) is 12.0. The lowest BCUT2D eigenvalue weighted by molar-refractivity contribution is 0.299. The molecule has 19 heavy (non-hydrogen) atoms. The van der Waals surface area contributed by atoms with Crippen LogP contribution in [0.4, 0.5) is 5.69 Å². The largest absolute Gasteiger partial charge is 0.384 e. The maximum absolute atomic E-state index is 3.75. The molecule has 2 heterocycles. The molecule has 3 aliphatic rings. The van der Waals surface area contributed by atoms with E-state index in [-0.39, 0.29) is 0 Å². The number of halogens is 1. The topological polar surface area (TPSA) is 15.3 Å². The molecule has 2 aliphatic heterocycles. The van der Waals surface area contributed by atoms with E-state index < -0.39 is 0 Å². The van der Waals surface area contributed by atoms with Gasteiger partial charge in [0.2, 0.25) is 0 Å². The summed E-state index contributed by atoms with van der Waals surface area (Å²) in [5.74, 6) is 1.35. The summed E-state index contributed by atoms with van der Waals surface area (Å²) >= 11 is 3.75. The van der Waals surface area contributed by atoms with Gasteiger partial charge in [-0.1, -0.05) is 28.9 Å². The Hall–Kier alpha value is -0.800. The van der Waals surface area contributed by atoms with Crippen LogP contribution >= 0.6 is 15.9 Å². The third-order valence-corrected chi connectivity index (χ3v) is 5.74. The van der Waals surface area contributed by atoms with Crippen LogP contribution in [0.25, 0.3) is 6.08 Å². The zero-order chi connectivity index (χ0) is 13.1. The van der Waals surface area contributed by atoms with E-state index in [4.69, 9.17) is 0 Å². The minimum atomic E-state index is 0.632. The highest BCUT2D eigenvalue weighted by Gasteiger charge is 2.39. The monoisotopic (exact) mass is 318 g/mol. The quantitative estimate of drug-likeness (QED) is 0.784. The minimum Gasteiger partial charge on any atom is -0.384 e. The fraction of sp³-hybridized carbons (Fsp3) is 0.500. The molecule has 2 nitrogen and oxygen atoms in total. The van der Waals surface area contributed by atoms with Gasteiger partial charge >= 0.3 is 0 Å². The fourth-order valence-corrected chi connectivity index (χ4v) is 4.59. The van der Waals surface area contributed by atoms with E-state index in [1.54, 1.807) is 5.57 Å². The second-order valence-electron chi connectivity index (χ2n) is 6.24. The highest BCUT2D eigenvalue weighted by Crippen LogP contribution is 2.47. The van der Waals surface area contributed by atoms with Crippen LogP contribution in [0.2, 0.25) is 0 Å². The Morgan fingerprint density at radius 3 is 3.05 bits per heavy atom. The van der Waals surface area contributed by atoms with E-state index in [0.29, 0.717) is 17.9 Å². The van der Waals surface area contributed by atoms with Gasteiger partial charge in [0.15, 0.2) is 0 Å². The Labute approximate surface area is 123 Å². The number of rotatable bonds is 0. The molecule has 1 aromatic rings. The van der Waals surface area contributed by atoms with Gasteiger partial charge in [-0.25, -0.2) is 0 Å². The second-order valence-corrected chi connectivity index (χ2v) is 7.09. The summed E-state index contributed by atoms with van der Waals surface area (Å²) in [5.41, 5.74) is 5.94. The number of benzene rings is 1. The molecule has 4 rings (SSSR count). The molecule has 0 bridgehead atoms. The number of hydrogen-bond donors (Lipinski definition) is 1. The van der Waals surface area contributed by atoms with Gasteiger partial charge < -0.3 is 5.32 Å². The van der Waals surface area contributed by atoms with Crippen molar-refractivity contribution in [2.75, 3.05) is 25.5 Å². The molecule has 1 fully saturated rings. The van der Waals surface area contributed by atoms with Gasteiger partial charge in [0, 0.05) is 35.2 Å². The van der Waals surface area contributed by atoms with Gasteiger partial charge in [0.05, 0.1) is 0 Å². The first-order valence-electron chi connectivity index (χ1n) is 7.13. The Morgan fingerprint density at radius 2 is 2.21 bits per heavy atom.